The number of esters is 1. The minimum atomic E-state index is -0.616. The number of unbranched alkanes of at least 4 members (excludes halogenated alkanes) is 1. The van der Waals surface area contributed by atoms with E-state index in [0.29, 0.717) is 36.1 Å². The second-order valence-corrected chi connectivity index (χ2v) is 8.78. The van der Waals surface area contributed by atoms with Crippen molar-refractivity contribution in [3.05, 3.63) is 39.3 Å². The van der Waals surface area contributed by atoms with E-state index in [4.69, 9.17) is 25.8 Å². The Kier molecular flexibility index (Phi) is 6.74. The van der Waals surface area contributed by atoms with Gasteiger partial charge in [-0.25, -0.2) is 9.78 Å². The molecule has 1 spiro atoms. The van der Waals surface area contributed by atoms with Crippen molar-refractivity contribution in [2.24, 2.45) is 0 Å². The van der Waals surface area contributed by atoms with Crippen molar-refractivity contribution in [2.45, 2.75) is 64.3 Å². The first-order valence-electron chi connectivity index (χ1n) is 11.4. The molecule has 172 valence electrons. The Balaban J connectivity index is 1.86. The molecule has 2 aromatic rings. The van der Waals surface area contributed by atoms with Crippen LogP contribution in [0.25, 0.3) is 11.4 Å². The summed E-state index contributed by atoms with van der Waals surface area (Å²) < 4.78 is 19.2. The van der Waals surface area contributed by atoms with Gasteiger partial charge in [-0.05, 0) is 26.2 Å². The van der Waals surface area contributed by atoms with Crippen molar-refractivity contribution in [1.82, 2.24) is 9.55 Å². The summed E-state index contributed by atoms with van der Waals surface area (Å²) >= 11 is 6.45. The number of nitrogens with zero attached hydrogens (tertiary/aromatic N) is 2. The number of aromatic nitrogens is 2. The Morgan fingerprint density at radius 1 is 1.25 bits per heavy atom. The molecule has 0 bridgehead atoms. The number of rotatable bonds is 6. The fourth-order valence-electron chi connectivity index (χ4n) is 4.52. The molecule has 0 radical (unpaired) electrons. The maximum atomic E-state index is 12.9. The second-order valence-electron chi connectivity index (χ2n) is 8.43. The first-order valence-corrected chi connectivity index (χ1v) is 11.8. The SMILES string of the molecule is CCCCOc1cc2c(nc1Cl)-c1cc(=O)c(C(=O)OCC)cn1C1(CCCCC1)CO2. The highest BCUT2D eigenvalue weighted by molar-refractivity contribution is 6.31. The van der Waals surface area contributed by atoms with Crippen LogP contribution in [0.4, 0.5) is 0 Å². The van der Waals surface area contributed by atoms with Crippen LogP contribution >= 0.6 is 11.6 Å². The van der Waals surface area contributed by atoms with Crippen LogP contribution in [0, 0.1) is 0 Å². The van der Waals surface area contributed by atoms with Crippen LogP contribution in [0.2, 0.25) is 5.15 Å². The van der Waals surface area contributed by atoms with Crippen molar-refractivity contribution >= 4 is 17.6 Å². The minimum Gasteiger partial charge on any atom is -0.490 e. The molecule has 0 N–H and O–H groups in total. The fraction of sp³-hybridized carbons (Fsp3) is 0.542. The predicted octanol–water partition coefficient (Wildman–Crippen LogP) is 4.97. The van der Waals surface area contributed by atoms with Crippen molar-refractivity contribution in [3.8, 4) is 22.9 Å². The Morgan fingerprint density at radius 2 is 2.03 bits per heavy atom. The lowest BCUT2D eigenvalue weighted by Gasteiger charge is -2.39. The molecule has 1 aliphatic carbocycles. The van der Waals surface area contributed by atoms with Gasteiger partial charge in [-0.15, -0.1) is 0 Å². The van der Waals surface area contributed by atoms with Crippen molar-refractivity contribution in [3.63, 3.8) is 0 Å². The highest BCUT2D eigenvalue weighted by atomic mass is 35.5. The van der Waals surface area contributed by atoms with Gasteiger partial charge in [0.25, 0.3) is 0 Å². The van der Waals surface area contributed by atoms with E-state index in [1.54, 1.807) is 19.2 Å². The van der Waals surface area contributed by atoms with Crippen LogP contribution in [0.1, 0.15) is 69.2 Å². The Bertz CT molecular complexity index is 1060. The molecule has 2 aromatic heterocycles. The summed E-state index contributed by atoms with van der Waals surface area (Å²) in [6, 6.07) is 3.22. The van der Waals surface area contributed by atoms with Crippen molar-refractivity contribution in [1.29, 1.82) is 0 Å². The van der Waals surface area contributed by atoms with Crippen molar-refractivity contribution in [2.75, 3.05) is 19.8 Å². The molecule has 0 amide bonds. The highest BCUT2D eigenvalue weighted by Gasteiger charge is 2.40. The molecule has 2 aliphatic rings. The summed E-state index contributed by atoms with van der Waals surface area (Å²) in [5.74, 6) is 0.380. The Morgan fingerprint density at radius 3 is 2.75 bits per heavy atom. The van der Waals surface area contributed by atoms with Crippen LogP contribution < -0.4 is 14.9 Å². The van der Waals surface area contributed by atoms with Gasteiger partial charge in [0.05, 0.1) is 24.4 Å². The van der Waals surface area contributed by atoms with Gasteiger partial charge in [-0.1, -0.05) is 44.2 Å². The molecule has 3 heterocycles. The molecule has 0 saturated heterocycles. The zero-order chi connectivity index (χ0) is 22.7. The van der Waals surface area contributed by atoms with Crippen LogP contribution in [0.15, 0.2) is 23.1 Å². The lowest BCUT2D eigenvalue weighted by atomic mass is 9.81. The quantitative estimate of drug-likeness (QED) is 0.344. The third-order valence-corrected chi connectivity index (χ3v) is 6.52. The fourth-order valence-corrected chi connectivity index (χ4v) is 4.72. The Hall–Kier alpha value is -2.54. The summed E-state index contributed by atoms with van der Waals surface area (Å²) in [7, 11) is 0. The van der Waals surface area contributed by atoms with Crippen molar-refractivity contribution < 1.29 is 19.0 Å². The largest absolute Gasteiger partial charge is 0.490 e. The van der Waals surface area contributed by atoms with Crippen LogP contribution in [0.5, 0.6) is 11.5 Å². The topological polar surface area (TPSA) is 79.6 Å². The summed E-state index contributed by atoms with van der Waals surface area (Å²) in [5, 5.41) is 0.219. The number of hydrogen-bond acceptors (Lipinski definition) is 6. The second kappa shape index (κ2) is 9.53. The summed E-state index contributed by atoms with van der Waals surface area (Å²) in [6.45, 7) is 4.97. The van der Waals surface area contributed by atoms with E-state index in [1.807, 2.05) is 4.57 Å². The lowest BCUT2D eigenvalue weighted by Crippen LogP contribution is -2.42. The molecule has 1 fully saturated rings. The average molecular weight is 461 g/mol. The molecular weight excluding hydrogens is 432 g/mol. The van der Waals surface area contributed by atoms with E-state index in [-0.39, 0.29) is 22.9 Å². The first kappa shape index (κ1) is 22.6. The molecule has 1 aliphatic heterocycles. The lowest BCUT2D eigenvalue weighted by molar-refractivity contribution is 0.0521. The molecule has 0 atom stereocenters. The minimum absolute atomic E-state index is 0.0228. The third-order valence-electron chi connectivity index (χ3n) is 6.24. The number of halogens is 1. The molecule has 0 unspecified atom stereocenters. The van der Waals surface area contributed by atoms with E-state index in [2.05, 4.69) is 11.9 Å². The summed E-state index contributed by atoms with van der Waals surface area (Å²) in [5.41, 5.74) is 0.315. The number of carbonyl (C=O) groups is 1. The standard InChI is InChI=1S/C24H29ClN2O5/c1-3-5-11-31-20-13-19-21(26-22(20)25)17-12-18(28)16(23(29)30-4-2)14-27(17)24(15-32-19)9-7-6-8-10-24/h12-14H,3-11,15H2,1-2H3. The first-order chi connectivity index (χ1) is 15.5. The van der Waals surface area contributed by atoms with E-state index in [9.17, 15) is 9.59 Å². The number of fused-ring (bicyclic) bond motifs is 4. The number of hydrogen-bond donors (Lipinski definition) is 0. The maximum absolute atomic E-state index is 12.9. The van der Waals surface area contributed by atoms with E-state index in [1.165, 1.54) is 6.07 Å². The third kappa shape index (κ3) is 4.22. The Labute approximate surface area is 192 Å². The smallest absolute Gasteiger partial charge is 0.343 e. The number of carbonyl (C=O) groups excluding carboxylic acids is 1. The molecule has 32 heavy (non-hydrogen) atoms. The van der Waals surface area contributed by atoms with Gasteiger partial charge in [-0.3, -0.25) is 4.79 Å². The normalized spacial score (nSPS) is 16.5. The van der Waals surface area contributed by atoms with Gasteiger partial charge in [-0.2, -0.15) is 0 Å². The molecule has 0 aromatic carbocycles. The van der Waals surface area contributed by atoms with Gasteiger partial charge in [0.15, 0.2) is 22.1 Å². The van der Waals surface area contributed by atoms with Gasteiger partial charge < -0.3 is 18.8 Å². The molecule has 1 saturated carbocycles. The summed E-state index contributed by atoms with van der Waals surface area (Å²) in [6.07, 6.45) is 8.54. The highest BCUT2D eigenvalue weighted by Crippen LogP contribution is 2.44. The van der Waals surface area contributed by atoms with E-state index < -0.39 is 11.4 Å². The average Bonchev–Trinajstić information content (AvgIpc) is 2.90. The van der Waals surface area contributed by atoms with Crippen LogP contribution in [-0.2, 0) is 10.3 Å². The molecule has 4 rings (SSSR count). The zero-order valence-electron chi connectivity index (χ0n) is 18.6. The number of ether oxygens (including phenoxy) is 3. The zero-order valence-corrected chi connectivity index (χ0v) is 19.4. The maximum Gasteiger partial charge on any atom is 0.343 e. The van der Waals surface area contributed by atoms with E-state index >= 15 is 0 Å². The number of pyridine rings is 2. The molecular formula is C24H29ClN2O5. The molecule has 8 heteroatoms. The van der Waals surface area contributed by atoms with E-state index in [0.717, 1.165) is 44.9 Å². The van der Waals surface area contributed by atoms with Gasteiger partial charge >= 0.3 is 5.97 Å². The predicted molar refractivity (Wildman–Crippen MR) is 122 cm³/mol. The van der Waals surface area contributed by atoms with Crippen LogP contribution in [0.3, 0.4) is 0 Å². The molecule has 7 nitrogen and oxygen atoms in total. The monoisotopic (exact) mass is 460 g/mol. The van der Waals surface area contributed by atoms with Gasteiger partial charge in [0.1, 0.15) is 17.9 Å². The van der Waals surface area contributed by atoms with Crippen LogP contribution in [-0.4, -0.2) is 35.3 Å². The summed E-state index contributed by atoms with van der Waals surface area (Å²) in [4.78, 5) is 29.9. The van der Waals surface area contributed by atoms with Gasteiger partial charge in [0, 0.05) is 18.3 Å². The van der Waals surface area contributed by atoms with Gasteiger partial charge in [0.2, 0.25) is 0 Å².